The molecule has 0 bridgehead atoms. The van der Waals surface area contributed by atoms with E-state index in [1.807, 2.05) is 139 Å². The Morgan fingerprint density at radius 2 is 0.904 bits per heavy atom. The van der Waals surface area contributed by atoms with Crippen molar-refractivity contribution in [3.05, 3.63) is 145 Å². The van der Waals surface area contributed by atoms with E-state index in [0.29, 0.717) is 0 Å². The zero-order chi connectivity index (χ0) is 36.2. The van der Waals surface area contributed by atoms with Gasteiger partial charge in [-0.25, -0.2) is 0 Å². The summed E-state index contributed by atoms with van der Waals surface area (Å²) in [6.07, 6.45) is 1.33. The molecule has 8 rings (SSSR count). The molecule has 0 amide bonds. The van der Waals surface area contributed by atoms with Gasteiger partial charge in [0.05, 0.1) is 0 Å². The second-order valence-corrected chi connectivity index (χ2v) is 14.2. The van der Waals surface area contributed by atoms with E-state index in [0.717, 1.165) is 55.0 Å². The summed E-state index contributed by atoms with van der Waals surface area (Å²) in [4.78, 5) is 14.8. The van der Waals surface area contributed by atoms with Crippen LogP contribution >= 0.6 is 0 Å². The van der Waals surface area contributed by atoms with Crippen molar-refractivity contribution < 1.29 is 30.0 Å². The van der Waals surface area contributed by atoms with Gasteiger partial charge in [0.25, 0.3) is 0 Å². The first-order valence-electron chi connectivity index (χ1n) is 16.8. The van der Waals surface area contributed by atoms with Crippen molar-refractivity contribution in [2.24, 2.45) is 10.8 Å². The molecule has 0 atom stereocenters. The number of carbonyl (C=O) groups is 1. The van der Waals surface area contributed by atoms with Crippen molar-refractivity contribution >= 4 is 49.4 Å². The van der Waals surface area contributed by atoms with E-state index >= 15 is 0 Å². The van der Waals surface area contributed by atoms with Crippen LogP contribution in [0.4, 0.5) is 0 Å². The molecule has 2 heterocycles. The summed E-state index contributed by atoms with van der Waals surface area (Å²) in [6, 6.07) is 46.4. The Labute approximate surface area is 317 Å². The molecule has 1 radical (unpaired) electrons. The summed E-state index contributed by atoms with van der Waals surface area (Å²) in [5.74, 6) is 0.104. The van der Waals surface area contributed by atoms with E-state index < -0.39 is 5.41 Å². The van der Waals surface area contributed by atoms with Gasteiger partial charge in [0.2, 0.25) is 0 Å². The van der Waals surface area contributed by atoms with Crippen molar-refractivity contribution in [3.63, 3.8) is 0 Å². The van der Waals surface area contributed by atoms with Crippen LogP contribution in [0.5, 0.6) is 0 Å². The minimum atomic E-state index is -0.417. The van der Waals surface area contributed by atoms with Crippen LogP contribution in [0, 0.1) is 23.0 Å². The molecule has 1 N–H and O–H groups in total. The molecule has 0 unspecified atom stereocenters. The van der Waals surface area contributed by atoms with Crippen molar-refractivity contribution in [1.29, 1.82) is 0 Å². The summed E-state index contributed by atoms with van der Waals surface area (Å²) in [5, 5.41) is 32.1. The number of carbonyl (C=O) groups excluding carboxylic acids is 1. The van der Waals surface area contributed by atoms with Crippen LogP contribution in [0.3, 0.4) is 0 Å². The fraction of sp³-hybridized carbons (Fsp3) is 0.186. The van der Waals surface area contributed by atoms with Crippen LogP contribution in [0.25, 0.3) is 55.0 Å². The molecule has 0 aliphatic heterocycles. The molecule has 2 aromatic heterocycles. The smallest absolute Gasteiger partial charge is 0.164 e. The molecule has 0 saturated heterocycles. The van der Waals surface area contributed by atoms with E-state index in [1.54, 1.807) is 9.59 Å². The van der Waals surface area contributed by atoms with E-state index in [1.165, 1.54) is 6.08 Å². The first-order valence-corrected chi connectivity index (χ1v) is 16.8. The van der Waals surface area contributed by atoms with Crippen molar-refractivity contribution in [2.45, 2.75) is 41.5 Å². The van der Waals surface area contributed by atoms with Crippen LogP contribution in [0.15, 0.2) is 133 Å². The number of allylic oxidation sites excluding steroid dienone is 2. The van der Waals surface area contributed by atoms with Gasteiger partial charge in [0.1, 0.15) is 27.8 Å². The third kappa shape index (κ3) is 8.68. The summed E-state index contributed by atoms with van der Waals surface area (Å²) < 4.78 is 0. The Bertz CT molecular complexity index is 2280. The van der Waals surface area contributed by atoms with Crippen molar-refractivity contribution in [2.75, 3.05) is 0 Å². The standard InChI is InChI=1S/2C16H10N3.C11H20O2.Ir/c2*1-2-8-13-12(6-1)7-5-11-16(13)19-17-14-9-3-4-10-15(14)18-19;1-10(2,3)8(12)7-9(13)11(4,5)6;/h2*1-10H;7,12H,1-6H3;/q2*-1;;/b;;8-7-;. The number of hydrogen-bond donors (Lipinski definition) is 1. The summed E-state index contributed by atoms with van der Waals surface area (Å²) in [5.41, 5.74) is 4.57. The average Bonchev–Trinajstić information content (AvgIpc) is 3.76. The molecule has 8 nitrogen and oxygen atoms in total. The van der Waals surface area contributed by atoms with Gasteiger partial charge in [-0.15, -0.1) is 33.7 Å². The van der Waals surface area contributed by atoms with Crippen molar-refractivity contribution in [3.8, 4) is 11.4 Å². The Kier molecular flexibility index (Phi) is 11.5. The monoisotopic (exact) mass is 865 g/mol. The second kappa shape index (κ2) is 15.8. The third-order valence-electron chi connectivity index (χ3n) is 8.15. The fourth-order valence-electron chi connectivity index (χ4n) is 5.10. The van der Waals surface area contributed by atoms with Crippen LogP contribution < -0.4 is 0 Å². The maximum Gasteiger partial charge on any atom is 0.164 e. The number of rotatable bonds is 3. The third-order valence-corrected chi connectivity index (χ3v) is 8.15. The summed E-state index contributed by atoms with van der Waals surface area (Å²) >= 11 is 0. The Balaban J connectivity index is 0.000000153. The van der Waals surface area contributed by atoms with Gasteiger partial charge in [-0.2, -0.15) is 66.4 Å². The van der Waals surface area contributed by atoms with Crippen molar-refractivity contribution in [1.82, 2.24) is 30.0 Å². The number of nitrogens with zero attached hydrogens (tertiary/aromatic N) is 6. The normalized spacial score (nSPS) is 11.8. The molecule has 0 saturated carbocycles. The van der Waals surface area contributed by atoms with E-state index in [4.69, 9.17) is 0 Å². The molecule has 0 aliphatic carbocycles. The van der Waals surface area contributed by atoms with E-state index in [9.17, 15) is 9.90 Å². The number of aliphatic hydroxyl groups is 1. The average molecular weight is 865 g/mol. The van der Waals surface area contributed by atoms with Crippen LogP contribution in [0.2, 0.25) is 0 Å². The Morgan fingerprint density at radius 1 is 0.558 bits per heavy atom. The molecule has 0 aliphatic rings. The molecule has 6 aromatic carbocycles. The molecule has 8 aromatic rings. The number of aromatic nitrogens is 6. The van der Waals surface area contributed by atoms with Crippen LogP contribution in [0.1, 0.15) is 41.5 Å². The fourth-order valence-corrected chi connectivity index (χ4v) is 5.10. The zero-order valence-electron chi connectivity index (χ0n) is 30.0. The molecule has 9 heteroatoms. The van der Waals surface area contributed by atoms with Gasteiger partial charge in [-0.05, 0) is 35.6 Å². The summed E-state index contributed by atoms with van der Waals surface area (Å²) in [7, 11) is 0. The van der Waals surface area contributed by atoms with Gasteiger partial charge in [0.15, 0.2) is 5.78 Å². The minimum absolute atomic E-state index is 0. The first-order chi connectivity index (χ1) is 24.4. The minimum Gasteiger partial charge on any atom is -0.512 e. The molecule has 52 heavy (non-hydrogen) atoms. The topological polar surface area (TPSA) is 98.7 Å². The van der Waals surface area contributed by atoms with Gasteiger partial charge in [-0.3, -0.25) is 4.79 Å². The number of ketones is 1. The van der Waals surface area contributed by atoms with Gasteiger partial charge >= 0.3 is 0 Å². The maximum atomic E-state index is 11.5. The van der Waals surface area contributed by atoms with E-state index in [-0.39, 0.29) is 37.1 Å². The Morgan fingerprint density at radius 3 is 1.25 bits per heavy atom. The predicted octanol–water partition coefficient (Wildman–Crippen LogP) is 9.83. The predicted molar refractivity (Wildman–Crippen MR) is 205 cm³/mol. The van der Waals surface area contributed by atoms with Gasteiger partial charge in [0, 0.05) is 37.0 Å². The molecular weight excluding hydrogens is 825 g/mol. The zero-order valence-corrected chi connectivity index (χ0v) is 32.4. The number of benzene rings is 6. The van der Waals surface area contributed by atoms with Crippen LogP contribution in [-0.4, -0.2) is 40.9 Å². The molecule has 0 fully saturated rings. The largest absolute Gasteiger partial charge is 0.512 e. The van der Waals surface area contributed by atoms with E-state index in [2.05, 4.69) is 56.8 Å². The summed E-state index contributed by atoms with van der Waals surface area (Å²) in [6.45, 7) is 11.1. The number of aliphatic hydroxyl groups excluding tert-OH is 1. The van der Waals surface area contributed by atoms with Gasteiger partial charge < -0.3 is 5.11 Å². The first kappa shape index (κ1) is 37.7. The molecular formula is C43H40IrN6O2-2. The van der Waals surface area contributed by atoms with Gasteiger partial charge in [-0.1, -0.05) is 102 Å². The second-order valence-electron chi connectivity index (χ2n) is 14.2. The number of fused-ring (bicyclic) bond motifs is 4. The molecule has 265 valence electrons. The molecule has 0 spiro atoms. The number of hydrogen-bond acceptors (Lipinski definition) is 6. The van der Waals surface area contributed by atoms with Crippen LogP contribution in [-0.2, 0) is 24.9 Å². The SMILES string of the molecule is CC(C)(C)C(=O)/C=C(\O)C(C)(C)C.[Ir].[c-]1ccc2ccccc2c1-n1nc2ccccc2n1.[c-]1ccc2ccccc2c1-n1nc2ccccc2n1. The Hall–Kier alpha value is -5.50. The maximum absolute atomic E-state index is 11.5. The quantitative estimate of drug-likeness (QED) is 0.108.